The maximum Gasteiger partial charge on any atom is 0.292 e. The fourth-order valence-corrected chi connectivity index (χ4v) is 3.00. The lowest BCUT2D eigenvalue weighted by Gasteiger charge is -2.31. The Hall–Kier alpha value is -1.62. The maximum absolute atomic E-state index is 11.3. The van der Waals surface area contributed by atoms with Crippen LogP contribution < -0.4 is 10.2 Å². The van der Waals surface area contributed by atoms with Crippen molar-refractivity contribution in [1.29, 1.82) is 0 Å². The van der Waals surface area contributed by atoms with Crippen LogP contribution in [0.1, 0.15) is 31.7 Å². The summed E-state index contributed by atoms with van der Waals surface area (Å²) >= 11 is 0. The third-order valence-corrected chi connectivity index (χ3v) is 4.10. The molecular formula is C16H25N3O2. The highest BCUT2D eigenvalue weighted by Crippen LogP contribution is 2.30. The maximum atomic E-state index is 11.3. The highest BCUT2D eigenvalue weighted by atomic mass is 16.6. The molecule has 21 heavy (non-hydrogen) atoms. The fraction of sp³-hybridized carbons (Fsp3) is 0.625. The third kappa shape index (κ3) is 4.17. The zero-order valence-corrected chi connectivity index (χ0v) is 13.0. The van der Waals surface area contributed by atoms with E-state index in [1.807, 2.05) is 19.1 Å². The van der Waals surface area contributed by atoms with E-state index in [9.17, 15) is 10.1 Å². The first-order valence-electron chi connectivity index (χ1n) is 7.82. The van der Waals surface area contributed by atoms with Gasteiger partial charge in [0.2, 0.25) is 0 Å². The van der Waals surface area contributed by atoms with Crippen molar-refractivity contribution < 1.29 is 4.92 Å². The number of hydrogen-bond donors (Lipinski definition) is 1. The summed E-state index contributed by atoms with van der Waals surface area (Å²) in [6.45, 7) is 8.01. The number of piperidine rings is 1. The molecule has 1 N–H and O–H groups in total. The zero-order chi connectivity index (χ0) is 15.2. The number of nitro groups is 1. The molecule has 1 heterocycles. The van der Waals surface area contributed by atoms with E-state index in [0.29, 0.717) is 5.92 Å². The van der Waals surface area contributed by atoms with E-state index in [4.69, 9.17) is 0 Å². The number of nitro benzene ring substituents is 1. The lowest BCUT2D eigenvalue weighted by molar-refractivity contribution is -0.384. The van der Waals surface area contributed by atoms with E-state index in [2.05, 4.69) is 17.1 Å². The molecule has 1 aliphatic heterocycles. The van der Waals surface area contributed by atoms with E-state index in [-0.39, 0.29) is 10.6 Å². The number of aryl methyl sites for hydroxylation is 1. The minimum Gasteiger partial charge on any atom is -0.366 e. The van der Waals surface area contributed by atoms with Crippen LogP contribution in [0.5, 0.6) is 0 Å². The van der Waals surface area contributed by atoms with Gasteiger partial charge in [-0.15, -0.1) is 0 Å². The number of nitrogens with one attached hydrogen (secondary N) is 1. The number of nitrogens with zero attached hydrogens (tertiary/aromatic N) is 2. The predicted octanol–water partition coefficient (Wildman–Crippen LogP) is 3.12. The minimum atomic E-state index is -0.264. The first kappa shape index (κ1) is 15.8. The Kier molecular flexibility index (Phi) is 5.56. The number of anilines is 1. The number of hydrogen-bond acceptors (Lipinski definition) is 4. The molecule has 0 saturated carbocycles. The van der Waals surface area contributed by atoms with Gasteiger partial charge in [0, 0.05) is 19.2 Å². The SMILES string of the molecule is CCCN(CC1CCNCC1)c1cc(C)ccc1[N+](=O)[O-]. The van der Waals surface area contributed by atoms with Gasteiger partial charge in [0.1, 0.15) is 5.69 Å². The summed E-state index contributed by atoms with van der Waals surface area (Å²) in [4.78, 5) is 13.2. The summed E-state index contributed by atoms with van der Waals surface area (Å²) in [5.74, 6) is 0.623. The average molecular weight is 291 g/mol. The Morgan fingerprint density at radius 2 is 2.10 bits per heavy atom. The van der Waals surface area contributed by atoms with Gasteiger partial charge >= 0.3 is 0 Å². The lowest BCUT2D eigenvalue weighted by Crippen LogP contribution is -2.36. The van der Waals surface area contributed by atoms with E-state index in [1.54, 1.807) is 6.07 Å². The Morgan fingerprint density at radius 1 is 1.38 bits per heavy atom. The second-order valence-corrected chi connectivity index (χ2v) is 5.89. The van der Waals surface area contributed by atoms with Gasteiger partial charge in [-0.2, -0.15) is 0 Å². The van der Waals surface area contributed by atoms with Crippen LogP contribution >= 0.6 is 0 Å². The second kappa shape index (κ2) is 7.41. The first-order chi connectivity index (χ1) is 10.1. The van der Waals surface area contributed by atoms with Crippen LogP contribution in [0.15, 0.2) is 18.2 Å². The molecule has 0 aliphatic carbocycles. The molecule has 1 aromatic rings. The predicted molar refractivity (Wildman–Crippen MR) is 85.9 cm³/mol. The molecule has 5 nitrogen and oxygen atoms in total. The standard InChI is InChI=1S/C16H25N3O2/c1-3-10-18(12-14-6-8-17-9-7-14)16-11-13(2)4-5-15(16)19(20)21/h4-5,11,14,17H,3,6-10,12H2,1-2H3. The Bertz CT molecular complexity index is 484. The highest BCUT2D eigenvalue weighted by Gasteiger charge is 2.22. The highest BCUT2D eigenvalue weighted by molar-refractivity contribution is 5.64. The fourth-order valence-electron chi connectivity index (χ4n) is 3.00. The van der Waals surface area contributed by atoms with Crippen molar-refractivity contribution >= 4 is 11.4 Å². The Labute approximate surface area is 126 Å². The van der Waals surface area contributed by atoms with Crippen LogP contribution in [0.2, 0.25) is 0 Å². The van der Waals surface area contributed by atoms with Crippen molar-refractivity contribution in [3.8, 4) is 0 Å². The van der Waals surface area contributed by atoms with Crippen molar-refractivity contribution in [2.24, 2.45) is 5.92 Å². The Morgan fingerprint density at radius 3 is 2.71 bits per heavy atom. The summed E-state index contributed by atoms with van der Waals surface area (Å²) in [7, 11) is 0. The van der Waals surface area contributed by atoms with Gasteiger partial charge in [-0.05, 0) is 56.8 Å². The molecule has 0 aromatic heterocycles. The summed E-state index contributed by atoms with van der Waals surface area (Å²) in [6, 6.07) is 5.40. The molecule has 5 heteroatoms. The smallest absolute Gasteiger partial charge is 0.292 e. The van der Waals surface area contributed by atoms with Crippen LogP contribution in [0.25, 0.3) is 0 Å². The van der Waals surface area contributed by atoms with Crippen LogP contribution in [0.4, 0.5) is 11.4 Å². The third-order valence-electron chi connectivity index (χ3n) is 4.10. The molecule has 0 bridgehead atoms. The molecule has 0 amide bonds. The molecule has 2 rings (SSSR count). The molecule has 1 saturated heterocycles. The molecule has 1 fully saturated rings. The van der Waals surface area contributed by atoms with Crippen molar-refractivity contribution in [1.82, 2.24) is 5.32 Å². The van der Waals surface area contributed by atoms with Crippen LogP contribution in [-0.4, -0.2) is 31.1 Å². The summed E-state index contributed by atoms with van der Waals surface area (Å²) in [6.07, 6.45) is 3.30. The molecule has 1 aromatic carbocycles. The van der Waals surface area contributed by atoms with Crippen molar-refractivity contribution in [3.63, 3.8) is 0 Å². The molecule has 0 unspecified atom stereocenters. The van der Waals surface area contributed by atoms with Gasteiger partial charge in [0.25, 0.3) is 5.69 Å². The molecule has 0 radical (unpaired) electrons. The van der Waals surface area contributed by atoms with Crippen molar-refractivity contribution in [2.75, 3.05) is 31.1 Å². The molecule has 116 valence electrons. The van der Waals surface area contributed by atoms with Gasteiger partial charge in [-0.25, -0.2) is 0 Å². The van der Waals surface area contributed by atoms with Gasteiger partial charge < -0.3 is 10.2 Å². The monoisotopic (exact) mass is 291 g/mol. The zero-order valence-electron chi connectivity index (χ0n) is 13.0. The van der Waals surface area contributed by atoms with E-state index >= 15 is 0 Å². The Balaban J connectivity index is 2.23. The van der Waals surface area contributed by atoms with Crippen LogP contribution in [0, 0.1) is 23.0 Å². The van der Waals surface area contributed by atoms with Crippen molar-refractivity contribution in [2.45, 2.75) is 33.1 Å². The van der Waals surface area contributed by atoms with Crippen LogP contribution in [-0.2, 0) is 0 Å². The van der Waals surface area contributed by atoms with Crippen LogP contribution in [0.3, 0.4) is 0 Å². The lowest BCUT2D eigenvalue weighted by atomic mass is 9.97. The van der Waals surface area contributed by atoms with Gasteiger partial charge in [0.15, 0.2) is 0 Å². The molecule has 1 aliphatic rings. The first-order valence-corrected chi connectivity index (χ1v) is 7.82. The number of rotatable bonds is 6. The van der Waals surface area contributed by atoms with E-state index in [0.717, 1.165) is 56.7 Å². The summed E-state index contributed by atoms with van der Waals surface area (Å²) < 4.78 is 0. The largest absolute Gasteiger partial charge is 0.366 e. The van der Waals surface area contributed by atoms with E-state index < -0.39 is 0 Å². The van der Waals surface area contributed by atoms with E-state index in [1.165, 1.54) is 0 Å². The molecule has 0 spiro atoms. The van der Waals surface area contributed by atoms with Gasteiger partial charge in [-0.3, -0.25) is 10.1 Å². The average Bonchev–Trinajstić information content (AvgIpc) is 2.47. The second-order valence-electron chi connectivity index (χ2n) is 5.89. The topological polar surface area (TPSA) is 58.4 Å². The summed E-state index contributed by atoms with van der Waals surface area (Å²) in [5, 5.41) is 14.7. The minimum absolute atomic E-state index is 0.225. The van der Waals surface area contributed by atoms with Gasteiger partial charge in [0.05, 0.1) is 4.92 Å². The summed E-state index contributed by atoms with van der Waals surface area (Å²) in [5.41, 5.74) is 2.07. The quantitative estimate of drug-likeness (QED) is 0.646. The molecular weight excluding hydrogens is 266 g/mol. The van der Waals surface area contributed by atoms with Gasteiger partial charge in [-0.1, -0.05) is 13.0 Å². The number of benzene rings is 1. The normalized spacial score (nSPS) is 15.9. The molecule has 0 atom stereocenters. The van der Waals surface area contributed by atoms with Crippen molar-refractivity contribution in [3.05, 3.63) is 33.9 Å².